The molecule has 0 saturated heterocycles. The maximum Gasteiger partial charge on any atom is 0.411 e. The first-order chi connectivity index (χ1) is 11.0. The highest BCUT2D eigenvalue weighted by atomic mass is 19.2. The van der Waals surface area contributed by atoms with Crippen molar-refractivity contribution < 1.29 is 22.7 Å². The SMILES string of the molecule is CCOC(=O)Nc1ccc(NCc2c(F)ccc(F)c2F)cc1. The second-order valence-corrected chi connectivity index (χ2v) is 4.60. The third-order valence-electron chi connectivity index (χ3n) is 3.01. The molecule has 0 unspecified atom stereocenters. The van der Waals surface area contributed by atoms with Crippen molar-refractivity contribution in [2.45, 2.75) is 13.5 Å². The maximum atomic E-state index is 13.5. The number of carbonyl (C=O) groups excluding carboxylic acids is 1. The number of hydrogen-bond acceptors (Lipinski definition) is 3. The zero-order valence-corrected chi connectivity index (χ0v) is 12.3. The molecule has 2 aromatic carbocycles. The van der Waals surface area contributed by atoms with Gasteiger partial charge < -0.3 is 10.1 Å². The zero-order chi connectivity index (χ0) is 16.8. The molecule has 2 aromatic rings. The highest BCUT2D eigenvalue weighted by Gasteiger charge is 2.13. The first kappa shape index (κ1) is 16.7. The lowest BCUT2D eigenvalue weighted by molar-refractivity contribution is 0.168. The molecule has 0 radical (unpaired) electrons. The van der Waals surface area contributed by atoms with E-state index in [4.69, 9.17) is 4.74 Å². The van der Waals surface area contributed by atoms with Crippen LogP contribution >= 0.6 is 0 Å². The fourth-order valence-electron chi connectivity index (χ4n) is 1.88. The molecule has 0 aliphatic rings. The molecule has 0 fully saturated rings. The number of anilines is 2. The molecule has 0 saturated carbocycles. The number of nitrogens with one attached hydrogen (secondary N) is 2. The van der Waals surface area contributed by atoms with Gasteiger partial charge in [0.05, 0.1) is 6.61 Å². The Labute approximate surface area is 131 Å². The number of amides is 1. The molecule has 122 valence electrons. The lowest BCUT2D eigenvalue weighted by atomic mass is 10.2. The minimum absolute atomic E-state index is 0.208. The smallest absolute Gasteiger partial charge is 0.411 e. The van der Waals surface area contributed by atoms with Gasteiger partial charge in [0.15, 0.2) is 11.6 Å². The number of rotatable bonds is 5. The fraction of sp³-hybridized carbons (Fsp3) is 0.188. The van der Waals surface area contributed by atoms with Crippen molar-refractivity contribution in [1.82, 2.24) is 0 Å². The van der Waals surface area contributed by atoms with Gasteiger partial charge in [0.2, 0.25) is 0 Å². The van der Waals surface area contributed by atoms with Crippen molar-refractivity contribution in [3.05, 3.63) is 59.4 Å². The van der Waals surface area contributed by atoms with E-state index in [0.717, 1.165) is 12.1 Å². The standard InChI is InChI=1S/C16H15F3N2O2/c1-2-23-16(22)21-11-5-3-10(4-6-11)20-9-12-13(17)7-8-14(18)15(12)19/h3-8,20H,2,9H2,1H3,(H,21,22). The van der Waals surface area contributed by atoms with E-state index in [0.29, 0.717) is 11.4 Å². The topological polar surface area (TPSA) is 50.4 Å². The molecule has 0 aliphatic carbocycles. The lowest BCUT2D eigenvalue weighted by Crippen LogP contribution is -2.13. The molecule has 2 rings (SSSR count). The Morgan fingerprint density at radius 3 is 2.26 bits per heavy atom. The van der Waals surface area contributed by atoms with Crippen LogP contribution in [0.3, 0.4) is 0 Å². The molecule has 0 atom stereocenters. The highest BCUT2D eigenvalue weighted by Crippen LogP contribution is 2.19. The second kappa shape index (κ2) is 7.53. The Morgan fingerprint density at radius 1 is 1.00 bits per heavy atom. The van der Waals surface area contributed by atoms with Crippen LogP contribution in [0.1, 0.15) is 12.5 Å². The molecule has 0 aromatic heterocycles. The molecule has 4 nitrogen and oxygen atoms in total. The van der Waals surface area contributed by atoms with Crippen LogP contribution in [0.5, 0.6) is 0 Å². The average molecular weight is 324 g/mol. The third kappa shape index (κ3) is 4.38. The van der Waals surface area contributed by atoms with Crippen molar-refractivity contribution in [3.63, 3.8) is 0 Å². The molecule has 0 aliphatic heterocycles. The van der Waals surface area contributed by atoms with Gasteiger partial charge in [-0.2, -0.15) is 0 Å². The van der Waals surface area contributed by atoms with Crippen molar-refractivity contribution >= 4 is 17.5 Å². The average Bonchev–Trinajstić information content (AvgIpc) is 2.53. The van der Waals surface area contributed by atoms with Crippen LogP contribution < -0.4 is 10.6 Å². The van der Waals surface area contributed by atoms with Gasteiger partial charge in [0, 0.05) is 23.5 Å². The quantitative estimate of drug-likeness (QED) is 0.807. The van der Waals surface area contributed by atoms with Gasteiger partial charge in [-0.15, -0.1) is 0 Å². The van der Waals surface area contributed by atoms with Crippen LogP contribution in [0.4, 0.5) is 29.3 Å². The minimum Gasteiger partial charge on any atom is -0.450 e. The van der Waals surface area contributed by atoms with Gasteiger partial charge >= 0.3 is 6.09 Å². The lowest BCUT2D eigenvalue weighted by Gasteiger charge is -2.10. The molecule has 0 spiro atoms. The Morgan fingerprint density at radius 2 is 1.61 bits per heavy atom. The van der Waals surface area contributed by atoms with E-state index in [1.165, 1.54) is 0 Å². The van der Waals surface area contributed by atoms with Gasteiger partial charge in [-0.1, -0.05) is 0 Å². The molecule has 1 amide bonds. The summed E-state index contributed by atoms with van der Waals surface area (Å²) in [7, 11) is 0. The van der Waals surface area contributed by atoms with Crippen molar-refractivity contribution in [2.75, 3.05) is 17.2 Å². The summed E-state index contributed by atoms with van der Waals surface area (Å²) < 4.78 is 44.9. The largest absolute Gasteiger partial charge is 0.450 e. The van der Waals surface area contributed by atoms with Crippen LogP contribution in [0.25, 0.3) is 0 Å². The van der Waals surface area contributed by atoms with Crippen LogP contribution in [-0.2, 0) is 11.3 Å². The predicted molar refractivity (Wildman–Crippen MR) is 80.7 cm³/mol. The Bertz CT molecular complexity index is 690. The van der Waals surface area contributed by atoms with Crippen LogP contribution in [0.15, 0.2) is 36.4 Å². The summed E-state index contributed by atoms with van der Waals surface area (Å²) in [6.07, 6.45) is -0.572. The van der Waals surface area contributed by atoms with Crippen molar-refractivity contribution in [3.8, 4) is 0 Å². The van der Waals surface area contributed by atoms with Crippen molar-refractivity contribution in [1.29, 1.82) is 0 Å². The number of carbonyl (C=O) groups is 1. The monoisotopic (exact) mass is 324 g/mol. The molecular weight excluding hydrogens is 309 g/mol. The molecule has 2 N–H and O–H groups in total. The van der Waals surface area contributed by atoms with Gasteiger partial charge in [0.1, 0.15) is 5.82 Å². The zero-order valence-electron chi connectivity index (χ0n) is 12.3. The summed E-state index contributed by atoms with van der Waals surface area (Å²) in [6.45, 7) is 1.74. The van der Waals surface area contributed by atoms with Gasteiger partial charge in [-0.3, -0.25) is 5.32 Å². The van der Waals surface area contributed by atoms with Crippen molar-refractivity contribution in [2.24, 2.45) is 0 Å². The Kier molecular flexibility index (Phi) is 5.46. The number of benzene rings is 2. The summed E-state index contributed by atoms with van der Waals surface area (Å²) in [6, 6.07) is 8.02. The number of ether oxygens (including phenoxy) is 1. The summed E-state index contributed by atoms with van der Waals surface area (Å²) in [5, 5.41) is 5.30. The van der Waals surface area contributed by atoms with E-state index >= 15 is 0 Å². The fourth-order valence-corrected chi connectivity index (χ4v) is 1.88. The summed E-state index contributed by atoms with van der Waals surface area (Å²) >= 11 is 0. The minimum atomic E-state index is -1.21. The van der Waals surface area contributed by atoms with E-state index in [9.17, 15) is 18.0 Å². The van der Waals surface area contributed by atoms with Crippen LogP contribution in [0, 0.1) is 17.5 Å². The van der Waals surface area contributed by atoms with E-state index in [-0.39, 0.29) is 18.7 Å². The number of hydrogen-bond donors (Lipinski definition) is 2. The summed E-state index contributed by atoms with van der Waals surface area (Å²) in [5.41, 5.74) is 0.693. The molecule has 7 heteroatoms. The van der Waals surface area contributed by atoms with E-state index in [2.05, 4.69) is 10.6 Å². The van der Waals surface area contributed by atoms with E-state index < -0.39 is 23.5 Å². The van der Waals surface area contributed by atoms with Gasteiger partial charge in [-0.25, -0.2) is 18.0 Å². The molecule has 0 bridgehead atoms. The van der Waals surface area contributed by atoms with Crippen LogP contribution in [0.2, 0.25) is 0 Å². The number of halogens is 3. The Hall–Kier alpha value is -2.70. The Balaban J connectivity index is 1.99. The van der Waals surface area contributed by atoms with Gasteiger partial charge in [0.25, 0.3) is 0 Å². The van der Waals surface area contributed by atoms with E-state index in [1.807, 2.05) is 0 Å². The molecule has 23 heavy (non-hydrogen) atoms. The summed E-state index contributed by atoms with van der Waals surface area (Å²) in [4.78, 5) is 11.2. The molecular formula is C16H15F3N2O2. The highest BCUT2D eigenvalue weighted by molar-refractivity contribution is 5.84. The first-order valence-corrected chi connectivity index (χ1v) is 6.91. The third-order valence-corrected chi connectivity index (χ3v) is 3.01. The predicted octanol–water partition coefficient (Wildman–Crippen LogP) is 4.28. The second-order valence-electron chi connectivity index (χ2n) is 4.60. The first-order valence-electron chi connectivity index (χ1n) is 6.91. The van der Waals surface area contributed by atoms with E-state index in [1.54, 1.807) is 31.2 Å². The van der Waals surface area contributed by atoms with Gasteiger partial charge in [-0.05, 0) is 43.3 Å². The normalized spacial score (nSPS) is 10.3. The maximum absolute atomic E-state index is 13.5. The summed E-state index contributed by atoms with van der Waals surface area (Å²) in [5.74, 6) is -3.13. The molecule has 0 heterocycles. The van der Waals surface area contributed by atoms with Crippen LogP contribution in [-0.4, -0.2) is 12.7 Å².